The molecule has 0 amide bonds. The summed E-state index contributed by atoms with van der Waals surface area (Å²) in [5.41, 5.74) is -0.230. The van der Waals surface area contributed by atoms with Crippen molar-refractivity contribution < 1.29 is 13.5 Å². The summed E-state index contributed by atoms with van der Waals surface area (Å²) < 4.78 is 27.3. The molecular formula is C16H31NO3S. The summed E-state index contributed by atoms with van der Waals surface area (Å²) in [6.45, 7) is 6.54. The van der Waals surface area contributed by atoms with Gasteiger partial charge in [-0.2, -0.15) is 4.31 Å². The minimum Gasteiger partial charge on any atom is -0.393 e. The van der Waals surface area contributed by atoms with E-state index in [0.717, 1.165) is 44.9 Å². The highest BCUT2D eigenvalue weighted by Gasteiger charge is 2.41. The third-order valence-corrected chi connectivity index (χ3v) is 7.15. The molecule has 3 unspecified atom stereocenters. The highest BCUT2D eigenvalue weighted by molar-refractivity contribution is 7.89. The molecule has 2 rings (SSSR count). The van der Waals surface area contributed by atoms with Crippen molar-refractivity contribution in [1.29, 1.82) is 0 Å². The summed E-state index contributed by atoms with van der Waals surface area (Å²) in [7, 11) is -3.24. The van der Waals surface area contributed by atoms with Gasteiger partial charge in [0, 0.05) is 18.5 Å². The molecule has 124 valence electrons. The molecule has 0 bridgehead atoms. The number of rotatable bonds is 3. The SMILES string of the molecule is CC(C)(C)CS(=O)(=O)N1CCCCC1C1CCCCC1O. The molecule has 3 atom stereocenters. The van der Waals surface area contributed by atoms with Gasteiger partial charge in [-0.05, 0) is 31.1 Å². The van der Waals surface area contributed by atoms with Crippen molar-refractivity contribution in [3.63, 3.8) is 0 Å². The minimum absolute atomic E-state index is 0.0152. The smallest absolute Gasteiger partial charge is 0.214 e. The van der Waals surface area contributed by atoms with Gasteiger partial charge in [0.2, 0.25) is 10.0 Å². The molecule has 0 spiro atoms. The second kappa shape index (κ2) is 6.55. The summed E-state index contributed by atoms with van der Waals surface area (Å²) >= 11 is 0. The maximum atomic E-state index is 12.8. The number of aliphatic hydroxyl groups is 1. The lowest BCUT2D eigenvalue weighted by Crippen LogP contribution is -2.52. The van der Waals surface area contributed by atoms with E-state index >= 15 is 0 Å². The van der Waals surface area contributed by atoms with Crippen LogP contribution in [0.15, 0.2) is 0 Å². The number of hydrogen-bond acceptors (Lipinski definition) is 3. The van der Waals surface area contributed by atoms with E-state index in [4.69, 9.17) is 0 Å². The van der Waals surface area contributed by atoms with Gasteiger partial charge in [0.15, 0.2) is 0 Å². The molecule has 1 aliphatic heterocycles. The van der Waals surface area contributed by atoms with Crippen molar-refractivity contribution in [2.24, 2.45) is 11.3 Å². The lowest BCUT2D eigenvalue weighted by atomic mass is 9.79. The van der Waals surface area contributed by atoms with Crippen LogP contribution in [0, 0.1) is 11.3 Å². The molecule has 5 heteroatoms. The second-order valence-corrected chi connectivity index (χ2v) is 9.93. The van der Waals surface area contributed by atoms with Crippen molar-refractivity contribution in [3.05, 3.63) is 0 Å². The summed E-state index contributed by atoms with van der Waals surface area (Å²) in [5.74, 6) is 0.327. The van der Waals surface area contributed by atoms with Gasteiger partial charge in [0.1, 0.15) is 0 Å². The summed E-state index contributed by atoms with van der Waals surface area (Å²) in [4.78, 5) is 0. The van der Waals surface area contributed by atoms with Crippen molar-refractivity contribution in [2.75, 3.05) is 12.3 Å². The first-order valence-electron chi connectivity index (χ1n) is 8.38. The average Bonchev–Trinajstić information content (AvgIpc) is 2.36. The van der Waals surface area contributed by atoms with Crippen molar-refractivity contribution in [2.45, 2.75) is 77.9 Å². The molecule has 21 heavy (non-hydrogen) atoms. The molecule has 1 aliphatic carbocycles. The zero-order valence-electron chi connectivity index (χ0n) is 13.7. The van der Waals surface area contributed by atoms with Crippen LogP contribution in [0.5, 0.6) is 0 Å². The number of sulfonamides is 1. The highest BCUT2D eigenvalue weighted by atomic mass is 32.2. The Bertz CT molecular complexity index is 441. The fraction of sp³-hybridized carbons (Fsp3) is 1.00. The Hall–Kier alpha value is -0.130. The molecule has 0 radical (unpaired) electrons. The maximum absolute atomic E-state index is 12.8. The molecule has 1 N–H and O–H groups in total. The molecule has 1 saturated carbocycles. The van der Waals surface area contributed by atoms with Crippen molar-refractivity contribution in [1.82, 2.24) is 4.31 Å². The van der Waals surface area contributed by atoms with Crippen LogP contribution < -0.4 is 0 Å². The first-order chi connectivity index (χ1) is 9.71. The quantitative estimate of drug-likeness (QED) is 0.871. The monoisotopic (exact) mass is 317 g/mol. The number of piperidine rings is 1. The van der Waals surface area contributed by atoms with E-state index in [0.29, 0.717) is 6.54 Å². The number of nitrogens with zero attached hydrogens (tertiary/aromatic N) is 1. The Labute approximate surface area is 130 Å². The van der Waals surface area contributed by atoms with E-state index in [2.05, 4.69) is 0 Å². The lowest BCUT2D eigenvalue weighted by molar-refractivity contribution is 0.0202. The highest BCUT2D eigenvalue weighted by Crippen LogP contribution is 2.36. The third-order valence-electron chi connectivity index (χ3n) is 4.75. The Balaban J connectivity index is 2.18. The third kappa shape index (κ3) is 4.42. The maximum Gasteiger partial charge on any atom is 0.214 e. The van der Waals surface area contributed by atoms with Crippen LogP contribution in [0.2, 0.25) is 0 Å². The predicted molar refractivity (Wildman–Crippen MR) is 85.6 cm³/mol. The zero-order valence-corrected chi connectivity index (χ0v) is 14.5. The van der Waals surface area contributed by atoms with Crippen LogP contribution >= 0.6 is 0 Å². The predicted octanol–water partition coefficient (Wildman–Crippen LogP) is 2.77. The van der Waals surface area contributed by atoms with E-state index in [9.17, 15) is 13.5 Å². The zero-order chi connectivity index (χ0) is 15.7. The van der Waals surface area contributed by atoms with Gasteiger partial charge in [-0.1, -0.05) is 40.0 Å². The molecule has 0 aromatic heterocycles. The fourth-order valence-corrected chi connectivity index (χ4v) is 6.26. The summed E-state index contributed by atoms with van der Waals surface area (Å²) in [6, 6.07) is 0.0152. The average molecular weight is 317 g/mol. The molecule has 1 heterocycles. The Morgan fingerprint density at radius 1 is 1.05 bits per heavy atom. The second-order valence-electron chi connectivity index (χ2n) is 8.01. The topological polar surface area (TPSA) is 57.6 Å². The van der Waals surface area contributed by atoms with Gasteiger partial charge in [0.05, 0.1) is 11.9 Å². The lowest BCUT2D eigenvalue weighted by Gasteiger charge is -2.43. The van der Waals surface area contributed by atoms with Gasteiger partial charge in [-0.25, -0.2) is 8.42 Å². The molecule has 1 saturated heterocycles. The van der Waals surface area contributed by atoms with Crippen LogP contribution in [0.3, 0.4) is 0 Å². The van der Waals surface area contributed by atoms with Crippen LogP contribution in [0.4, 0.5) is 0 Å². The van der Waals surface area contributed by atoms with Gasteiger partial charge >= 0.3 is 0 Å². The number of aliphatic hydroxyl groups excluding tert-OH is 1. The minimum atomic E-state index is -3.24. The fourth-order valence-electron chi connectivity index (χ4n) is 3.92. The van der Waals surface area contributed by atoms with E-state index in [1.807, 2.05) is 20.8 Å². The molecule has 0 aromatic carbocycles. The van der Waals surface area contributed by atoms with Gasteiger partial charge in [-0.3, -0.25) is 0 Å². The van der Waals surface area contributed by atoms with E-state index in [-0.39, 0.29) is 29.2 Å². The van der Waals surface area contributed by atoms with E-state index in [1.165, 1.54) is 0 Å². The van der Waals surface area contributed by atoms with E-state index in [1.54, 1.807) is 4.31 Å². The number of hydrogen-bond donors (Lipinski definition) is 1. The van der Waals surface area contributed by atoms with Crippen molar-refractivity contribution >= 4 is 10.0 Å². The van der Waals surface area contributed by atoms with Crippen molar-refractivity contribution in [3.8, 4) is 0 Å². The van der Waals surface area contributed by atoms with Crippen LogP contribution in [-0.2, 0) is 10.0 Å². The molecule has 2 aliphatic rings. The van der Waals surface area contributed by atoms with Crippen LogP contribution in [0.1, 0.15) is 65.7 Å². The van der Waals surface area contributed by atoms with Crippen LogP contribution in [-0.4, -0.2) is 42.3 Å². The largest absolute Gasteiger partial charge is 0.393 e. The standard InChI is InChI=1S/C16H31NO3S/c1-16(2,3)12-21(19,20)17-11-7-6-9-14(17)13-8-4-5-10-15(13)18/h13-15,18H,4-12H2,1-3H3. The summed E-state index contributed by atoms with van der Waals surface area (Å²) in [5, 5.41) is 10.3. The molecular weight excluding hydrogens is 286 g/mol. The van der Waals surface area contributed by atoms with Gasteiger partial charge in [-0.15, -0.1) is 0 Å². The normalized spacial score (nSPS) is 33.0. The first-order valence-corrected chi connectivity index (χ1v) is 9.99. The van der Waals surface area contributed by atoms with Gasteiger partial charge in [0.25, 0.3) is 0 Å². The molecule has 2 fully saturated rings. The molecule has 0 aromatic rings. The van der Waals surface area contributed by atoms with E-state index < -0.39 is 10.0 Å². The molecule has 4 nitrogen and oxygen atoms in total. The van der Waals surface area contributed by atoms with Gasteiger partial charge < -0.3 is 5.11 Å². The summed E-state index contributed by atoms with van der Waals surface area (Å²) in [6.07, 6.45) is 6.59. The Kier molecular flexibility index (Phi) is 5.37. The Morgan fingerprint density at radius 2 is 1.67 bits per heavy atom. The Morgan fingerprint density at radius 3 is 2.29 bits per heavy atom. The first kappa shape index (κ1) is 17.2. The van der Waals surface area contributed by atoms with Crippen LogP contribution in [0.25, 0.3) is 0 Å².